The molecule has 2 aromatic carbocycles. The second-order valence-electron chi connectivity index (χ2n) is 6.61. The van der Waals surface area contributed by atoms with E-state index in [-0.39, 0.29) is 30.1 Å². The van der Waals surface area contributed by atoms with E-state index in [1.807, 2.05) is 48.5 Å². The number of hydrogen-bond donors (Lipinski definition) is 2. The van der Waals surface area contributed by atoms with Gasteiger partial charge in [0.05, 0.1) is 19.8 Å². The summed E-state index contributed by atoms with van der Waals surface area (Å²) < 4.78 is 16.9. The van der Waals surface area contributed by atoms with E-state index in [0.29, 0.717) is 18.0 Å². The molecule has 1 heterocycles. The van der Waals surface area contributed by atoms with Gasteiger partial charge in [-0.1, -0.05) is 24.3 Å². The van der Waals surface area contributed by atoms with Crippen molar-refractivity contribution in [2.75, 3.05) is 26.8 Å². The number of guanidine groups is 1. The smallest absolute Gasteiger partial charge is 0.191 e. The van der Waals surface area contributed by atoms with Gasteiger partial charge < -0.3 is 24.8 Å². The average molecular weight is 511 g/mol. The first-order chi connectivity index (χ1) is 13.8. The van der Waals surface area contributed by atoms with Crippen molar-refractivity contribution in [1.82, 2.24) is 10.6 Å². The molecule has 1 saturated heterocycles. The molecule has 1 fully saturated rings. The number of halogens is 1. The van der Waals surface area contributed by atoms with Gasteiger partial charge in [-0.15, -0.1) is 24.0 Å². The number of aliphatic imine (C=N–C) groups is 1. The zero-order chi connectivity index (χ0) is 19.6. The van der Waals surface area contributed by atoms with Crippen LogP contribution in [0.15, 0.2) is 53.5 Å². The Morgan fingerprint density at radius 2 is 1.86 bits per heavy atom. The number of ether oxygens (including phenoxy) is 3. The molecule has 0 radical (unpaired) electrons. The Kier molecular flexibility index (Phi) is 10.1. The van der Waals surface area contributed by atoms with Crippen LogP contribution in [0.2, 0.25) is 0 Å². The zero-order valence-electron chi connectivity index (χ0n) is 17.0. The molecule has 0 aliphatic carbocycles. The summed E-state index contributed by atoms with van der Waals surface area (Å²) in [6, 6.07) is 15.6. The highest BCUT2D eigenvalue weighted by atomic mass is 127. The van der Waals surface area contributed by atoms with Gasteiger partial charge in [0, 0.05) is 19.7 Å². The Morgan fingerprint density at radius 1 is 1.10 bits per heavy atom. The van der Waals surface area contributed by atoms with Gasteiger partial charge in [-0.3, -0.25) is 0 Å². The van der Waals surface area contributed by atoms with E-state index < -0.39 is 0 Å². The molecule has 1 atom stereocenters. The van der Waals surface area contributed by atoms with Gasteiger partial charge in [0.15, 0.2) is 17.5 Å². The number of nitrogens with zero attached hydrogens (tertiary/aromatic N) is 1. The van der Waals surface area contributed by atoms with Gasteiger partial charge in [0.25, 0.3) is 0 Å². The fourth-order valence-corrected chi connectivity index (χ4v) is 3.02. The van der Waals surface area contributed by atoms with Crippen LogP contribution in [-0.4, -0.2) is 38.9 Å². The fourth-order valence-electron chi connectivity index (χ4n) is 3.02. The molecule has 2 N–H and O–H groups in total. The number of methoxy groups -OCH3 is 1. The maximum Gasteiger partial charge on any atom is 0.191 e. The molecule has 6 nitrogen and oxygen atoms in total. The molecule has 1 aliphatic heterocycles. The van der Waals surface area contributed by atoms with Gasteiger partial charge >= 0.3 is 0 Å². The van der Waals surface area contributed by atoms with Crippen molar-refractivity contribution in [3.63, 3.8) is 0 Å². The number of nitrogens with one attached hydrogen (secondary N) is 2. The van der Waals surface area contributed by atoms with E-state index in [9.17, 15) is 0 Å². The first-order valence-electron chi connectivity index (χ1n) is 9.82. The van der Waals surface area contributed by atoms with Crippen LogP contribution in [0.1, 0.15) is 25.3 Å². The Bertz CT molecular complexity index is 762. The number of rotatable bonds is 8. The maximum absolute atomic E-state index is 5.92. The van der Waals surface area contributed by atoms with E-state index >= 15 is 0 Å². The number of para-hydroxylation sites is 2. The lowest BCUT2D eigenvalue weighted by molar-refractivity contribution is 0.114. The second kappa shape index (κ2) is 12.5. The van der Waals surface area contributed by atoms with Gasteiger partial charge in [-0.05, 0) is 49.6 Å². The van der Waals surface area contributed by atoms with E-state index in [1.165, 1.54) is 0 Å². The third-order valence-electron chi connectivity index (χ3n) is 4.51. The number of hydrogen-bond acceptors (Lipinski definition) is 4. The third kappa shape index (κ3) is 7.40. The minimum Gasteiger partial charge on any atom is -0.493 e. The third-order valence-corrected chi connectivity index (χ3v) is 4.51. The van der Waals surface area contributed by atoms with Gasteiger partial charge in [-0.2, -0.15) is 0 Å². The minimum absolute atomic E-state index is 0. The standard InChI is InChI=1S/C22H29N3O3.HI/c1-3-23-22(25-16-19-7-6-14-27-19)24-15-17-10-12-18(13-11-17)28-21-9-5-4-8-20(21)26-2;/h4-5,8-13,19H,3,6-7,14-16H2,1-2H3,(H2,23,24,25);1H. The summed E-state index contributed by atoms with van der Waals surface area (Å²) in [5, 5.41) is 6.64. The summed E-state index contributed by atoms with van der Waals surface area (Å²) in [4.78, 5) is 4.66. The molecule has 158 valence electrons. The molecule has 0 spiro atoms. The Hall–Kier alpha value is -2.00. The van der Waals surface area contributed by atoms with Crippen LogP contribution in [-0.2, 0) is 11.3 Å². The van der Waals surface area contributed by atoms with Crippen LogP contribution >= 0.6 is 24.0 Å². The average Bonchev–Trinajstić information content (AvgIpc) is 3.25. The van der Waals surface area contributed by atoms with Crippen LogP contribution in [0.25, 0.3) is 0 Å². The molecular formula is C22H30IN3O3. The van der Waals surface area contributed by atoms with E-state index in [4.69, 9.17) is 14.2 Å². The predicted molar refractivity (Wildman–Crippen MR) is 127 cm³/mol. The van der Waals surface area contributed by atoms with Crippen molar-refractivity contribution in [3.05, 3.63) is 54.1 Å². The molecule has 1 unspecified atom stereocenters. The van der Waals surface area contributed by atoms with Crippen LogP contribution in [0.5, 0.6) is 17.2 Å². The first kappa shape index (κ1) is 23.3. The lowest BCUT2D eigenvalue weighted by atomic mass is 10.2. The zero-order valence-corrected chi connectivity index (χ0v) is 19.3. The normalized spacial score (nSPS) is 16.1. The highest BCUT2D eigenvalue weighted by Gasteiger charge is 2.15. The van der Waals surface area contributed by atoms with E-state index in [1.54, 1.807) is 7.11 Å². The van der Waals surface area contributed by atoms with Crippen molar-refractivity contribution < 1.29 is 14.2 Å². The second-order valence-corrected chi connectivity index (χ2v) is 6.61. The molecule has 0 aromatic heterocycles. The van der Waals surface area contributed by atoms with Gasteiger partial charge in [0.1, 0.15) is 5.75 Å². The van der Waals surface area contributed by atoms with Crippen molar-refractivity contribution >= 4 is 29.9 Å². The fraction of sp³-hybridized carbons (Fsp3) is 0.409. The molecule has 0 amide bonds. The van der Waals surface area contributed by atoms with Crippen molar-refractivity contribution in [3.8, 4) is 17.2 Å². The molecule has 7 heteroatoms. The van der Waals surface area contributed by atoms with E-state index in [0.717, 1.165) is 49.8 Å². The van der Waals surface area contributed by atoms with Crippen LogP contribution < -0.4 is 20.1 Å². The summed E-state index contributed by atoms with van der Waals surface area (Å²) in [5.41, 5.74) is 1.11. The monoisotopic (exact) mass is 511 g/mol. The van der Waals surface area contributed by atoms with Crippen LogP contribution in [0.3, 0.4) is 0 Å². The topological polar surface area (TPSA) is 64.1 Å². The summed E-state index contributed by atoms with van der Waals surface area (Å²) in [5.74, 6) is 2.99. The summed E-state index contributed by atoms with van der Waals surface area (Å²) in [6.07, 6.45) is 2.54. The summed E-state index contributed by atoms with van der Waals surface area (Å²) in [6.45, 7) is 5.13. The SMILES string of the molecule is CCNC(=NCc1ccc(Oc2ccccc2OC)cc1)NCC1CCCO1.I. The quantitative estimate of drug-likeness (QED) is 0.314. The molecule has 0 saturated carbocycles. The first-order valence-corrected chi connectivity index (χ1v) is 9.82. The Labute approximate surface area is 190 Å². The lowest BCUT2D eigenvalue weighted by Crippen LogP contribution is -2.41. The lowest BCUT2D eigenvalue weighted by Gasteiger charge is -2.15. The van der Waals surface area contributed by atoms with Crippen molar-refractivity contribution in [2.24, 2.45) is 4.99 Å². The molecule has 1 aliphatic rings. The maximum atomic E-state index is 5.92. The van der Waals surface area contributed by atoms with Crippen LogP contribution in [0, 0.1) is 0 Å². The summed E-state index contributed by atoms with van der Waals surface area (Å²) >= 11 is 0. The minimum atomic E-state index is 0. The van der Waals surface area contributed by atoms with Crippen molar-refractivity contribution in [2.45, 2.75) is 32.4 Å². The molecule has 29 heavy (non-hydrogen) atoms. The highest BCUT2D eigenvalue weighted by molar-refractivity contribution is 14.0. The van der Waals surface area contributed by atoms with Crippen molar-refractivity contribution in [1.29, 1.82) is 0 Å². The molecule has 2 aromatic rings. The predicted octanol–water partition coefficient (Wildman–Crippen LogP) is 4.34. The van der Waals surface area contributed by atoms with Gasteiger partial charge in [-0.25, -0.2) is 4.99 Å². The van der Waals surface area contributed by atoms with E-state index in [2.05, 4.69) is 22.5 Å². The molecule has 0 bridgehead atoms. The largest absolute Gasteiger partial charge is 0.493 e. The van der Waals surface area contributed by atoms with Gasteiger partial charge in [0.2, 0.25) is 0 Å². The summed E-state index contributed by atoms with van der Waals surface area (Å²) in [7, 11) is 1.64. The number of benzene rings is 2. The Balaban J connectivity index is 0.00000300. The Morgan fingerprint density at radius 3 is 2.52 bits per heavy atom. The molecular weight excluding hydrogens is 481 g/mol. The molecule has 3 rings (SSSR count). The van der Waals surface area contributed by atoms with Crippen LogP contribution in [0.4, 0.5) is 0 Å². The highest BCUT2D eigenvalue weighted by Crippen LogP contribution is 2.30.